The molecule has 1 fully saturated rings. The SMILES string of the molecule is Fc1ccc(C(OC2CCCC(COC(Cn3ccnc3)c3ccc(Cl)cc3Cl)O2)c2ccc(Cl)cc2Cl)cc1. The fourth-order valence-corrected chi connectivity index (χ4v) is 5.77. The Labute approximate surface area is 252 Å². The zero-order chi connectivity index (χ0) is 28.1. The van der Waals surface area contributed by atoms with Crippen LogP contribution in [0.5, 0.6) is 0 Å². The van der Waals surface area contributed by atoms with Crippen molar-refractivity contribution in [3.63, 3.8) is 0 Å². The average molecular weight is 624 g/mol. The van der Waals surface area contributed by atoms with Gasteiger partial charge in [0.05, 0.1) is 25.6 Å². The second kappa shape index (κ2) is 13.7. The van der Waals surface area contributed by atoms with Crippen molar-refractivity contribution in [3.05, 3.63) is 122 Å². The maximum atomic E-state index is 13.7. The minimum absolute atomic E-state index is 0.204. The molecular formula is C30H27Cl4FN2O3. The Balaban J connectivity index is 1.30. The molecule has 0 amide bonds. The quantitative estimate of drug-likeness (QED) is 0.177. The van der Waals surface area contributed by atoms with Gasteiger partial charge in [-0.2, -0.15) is 0 Å². The van der Waals surface area contributed by atoms with Crippen LogP contribution in [0.4, 0.5) is 4.39 Å². The summed E-state index contributed by atoms with van der Waals surface area (Å²) in [5.41, 5.74) is 2.31. The second-order valence-electron chi connectivity index (χ2n) is 9.60. The highest BCUT2D eigenvalue weighted by molar-refractivity contribution is 6.35. The van der Waals surface area contributed by atoms with Crippen LogP contribution >= 0.6 is 46.4 Å². The zero-order valence-corrected chi connectivity index (χ0v) is 24.4. The van der Waals surface area contributed by atoms with Crippen LogP contribution < -0.4 is 0 Å². The number of benzene rings is 3. The molecule has 4 aromatic rings. The van der Waals surface area contributed by atoms with E-state index in [9.17, 15) is 4.39 Å². The molecule has 4 unspecified atom stereocenters. The molecule has 0 N–H and O–H groups in total. The van der Waals surface area contributed by atoms with E-state index in [4.69, 9.17) is 60.6 Å². The summed E-state index contributed by atoms with van der Waals surface area (Å²) in [7, 11) is 0. The Morgan fingerprint density at radius 2 is 1.62 bits per heavy atom. The molecule has 3 aromatic carbocycles. The number of hydrogen-bond acceptors (Lipinski definition) is 4. The molecule has 10 heteroatoms. The van der Waals surface area contributed by atoms with Crippen molar-refractivity contribution < 1.29 is 18.6 Å². The predicted octanol–water partition coefficient (Wildman–Crippen LogP) is 9.10. The smallest absolute Gasteiger partial charge is 0.159 e. The lowest BCUT2D eigenvalue weighted by Crippen LogP contribution is -2.34. The van der Waals surface area contributed by atoms with Crippen molar-refractivity contribution >= 4 is 46.4 Å². The molecule has 2 heterocycles. The van der Waals surface area contributed by atoms with Crippen LogP contribution in [0.2, 0.25) is 20.1 Å². The maximum Gasteiger partial charge on any atom is 0.159 e. The lowest BCUT2D eigenvalue weighted by molar-refractivity contribution is -0.222. The van der Waals surface area contributed by atoms with Gasteiger partial charge < -0.3 is 18.8 Å². The third-order valence-electron chi connectivity index (χ3n) is 6.74. The normalized spacial score (nSPS) is 18.9. The van der Waals surface area contributed by atoms with Crippen LogP contribution in [0.1, 0.15) is 48.2 Å². The highest BCUT2D eigenvalue weighted by Crippen LogP contribution is 2.37. The van der Waals surface area contributed by atoms with Crippen molar-refractivity contribution in [2.24, 2.45) is 0 Å². The van der Waals surface area contributed by atoms with E-state index in [1.54, 1.807) is 48.9 Å². The lowest BCUT2D eigenvalue weighted by Gasteiger charge is -2.34. The van der Waals surface area contributed by atoms with E-state index in [2.05, 4.69) is 4.98 Å². The first-order chi connectivity index (χ1) is 19.4. The summed E-state index contributed by atoms with van der Waals surface area (Å²) in [5, 5.41) is 2.07. The van der Waals surface area contributed by atoms with Gasteiger partial charge in [-0.15, -0.1) is 0 Å². The molecule has 1 aromatic heterocycles. The highest BCUT2D eigenvalue weighted by atomic mass is 35.5. The molecule has 0 radical (unpaired) electrons. The number of rotatable bonds is 10. The largest absolute Gasteiger partial charge is 0.369 e. The van der Waals surface area contributed by atoms with E-state index in [-0.39, 0.29) is 18.0 Å². The van der Waals surface area contributed by atoms with E-state index in [0.29, 0.717) is 39.7 Å². The van der Waals surface area contributed by atoms with Gasteiger partial charge in [0.25, 0.3) is 0 Å². The highest BCUT2D eigenvalue weighted by Gasteiger charge is 2.29. The molecule has 5 rings (SSSR count). The van der Waals surface area contributed by atoms with Crippen molar-refractivity contribution in [2.75, 3.05) is 6.61 Å². The summed E-state index contributed by atoms with van der Waals surface area (Å²) >= 11 is 25.3. The topological polar surface area (TPSA) is 45.5 Å². The molecule has 0 aliphatic carbocycles. The molecule has 1 aliphatic heterocycles. The first-order valence-corrected chi connectivity index (χ1v) is 14.4. The number of hydrogen-bond donors (Lipinski definition) is 0. The van der Waals surface area contributed by atoms with E-state index >= 15 is 0 Å². The minimum atomic E-state index is -0.572. The van der Waals surface area contributed by atoms with Gasteiger partial charge in [0, 0.05) is 43.6 Å². The second-order valence-corrected chi connectivity index (χ2v) is 11.3. The fraction of sp³-hybridized carbons (Fsp3) is 0.300. The molecule has 5 nitrogen and oxygen atoms in total. The first kappa shape index (κ1) is 29.3. The first-order valence-electron chi connectivity index (χ1n) is 12.9. The van der Waals surface area contributed by atoms with Gasteiger partial charge in [-0.3, -0.25) is 0 Å². The molecule has 1 saturated heterocycles. The van der Waals surface area contributed by atoms with Crippen LogP contribution in [0.25, 0.3) is 0 Å². The van der Waals surface area contributed by atoms with Crippen molar-refractivity contribution in [1.82, 2.24) is 9.55 Å². The van der Waals surface area contributed by atoms with Gasteiger partial charge in [0.2, 0.25) is 0 Å². The van der Waals surface area contributed by atoms with Gasteiger partial charge in [-0.05, 0) is 61.2 Å². The Kier molecular flexibility index (Phi) is 10.0. The van der Waals surface area contributed by atoms with E-state index < -0.39 is 12.4 Å². The van der Waals surface area contributed by atoms with E-state index in [1.807, 2.05) is 22.9 Å². The standard InChI is InChI=1S/C30H27Cl4FN2O3/c31-20-6-10-24(26(33)14-20)28(16-37-13-12-36-18-37)38-17-23-2-1-3-29(39-23)40-30(19-4-8-22(35)9-5-19)25-11-7-21(32)15-27(25)34/h4-15,18,23,28-30H,1-3,16-17H2. The van der Waals surface area contributed by atoms with Crippen LogP contribution in [-0.2, 0) is 20.8 Å². The van der Waals surface area contributed by atoms with Gasteiger partial charge in [0.15, 0.2) is 6.29 Å². The molecule has 1 aliphatic rings. The maximum absolute atomic E-state index is 13.7. The third-order valence-corrected chi connectivity index (χ3v) is 7.87. The molecule has 0 spiro atoms. The van der Waals surface area contributed by atoms with E-state index in [0.717, 1.165) is 29.5 Å². The van der Waals surface area contributed by atoms with Crippen molar-refractivity contribution in [2.45, 2.75) is 50.4 Å². The number of imidazole rings is 1. The Bertz CT molecular complexity index is 1400. The zero-order valence-electron chi connectivity index (χ0n) is 21.4. The predicted molar refractivity (Wildman–Crippen MR) is 156 cm³/mol. The van der Waals surface area contributed by atoms with Crippen LogP contribution in [0.3, 0.4) is 0 Å². The van der Waals surface area contributed by atoms with E-state index in [1.165, 1.54) is 12.1 Å². The Hall–Kier alpha value is -2.16. The molecule has 4 atom stereocenters. The lowest BCUT2D eigenvalue weighted by atomic mass is 10.0. The summed E-state index contributed by atoms with van der Waals surface area (Å²) in [6.07, 6.45) is 6.09. The monoisotopic (exact) mass is 622 g/mol. The summed E-state index contributed by atoms with van der Waals surface area (Å²) in [5.74, 6) is -0.332. The fourth-order valence-electron chi connectivity index (χ4n) is 4.73. The van der Waals surface area contributed by atoms with Crippen LogP contribution in [0, 0.1) is 5.82 Å². The summed E-state index contributed by atoms with van der Waals surface area (Å²) < 4.78 is 34.9. The number of nitrogens with zero attached hydrogens (tertiary/aromatic N) is 2. The average Bonchev–Trinajstić information content (AvgIpc) is 3.44. The Morgan fingerprint density at radius 1 is 0.925 bits per heavy atom. The van der Waals surface area contributed by atoms with Crippen molar-refractivity contribution in [1.29, 1.82) is 0 Å². The number of halogens is 5. The molecule has 0 saturated carbocycles. The van der Waals surface area contributed by atoms with Crippen molar-refractivity contribution in [3.8, 4) is 0 Å². The third kappa shape index (κ3) is 7.56. The molecule has 0 bridgehead atoms. The number of aromatic nitrogens is 2. The van der Waals surface area contributed by atoms with Gasteiger partial charge in [0.1, 0.15) is 18.0 Å². The summed E-state index contributed by atoms with van der Waals surface area (Å²) in [6.45, 7) is 0.858. The molecule has 40 heavy (non-hydrogen) atoms. The van der Waals surface area contributed by atoms with Crippen LogP contribution in [-0.4, -0.2) is 28.6 Å². The molecular weight excluding hydrogens is 597 g/mol. The van der Waals surface area contributed by atoms with Crippen LogP contribution in [0.15, 0.2) is 79.4 Å². The summed E-state index contributed by atoms with van der Waals surface area (Å²) in [4.78, 5) is 4.13. The molecule has 210 valence electrons. The minimum Gasteiger partial charge on any atom is -0.369 e. The Morgan fingerprint density at radius 3 is 2.27 bits per heavy atom. The van der Waals surface area contributed by atoms with Gasteiger partial charge in [-0.1, -0.05) is 70.7 Å². The summed E-state index contributed by atoms with van der Waals surface area (Å²) in [6, 6.07) is 16.8. The van der Waals surface area contributed by atoms with Gasteiger partial charge in [-0.25, -0.2) is 9.37 Å². The number of ether oxygens (including phenoxy) is 3. The van der Waals surface area contributed by atoms with Gasteiger partial charge >= 0.3 is 0 Å².